The third-order valence-corrected chi connectivity index (χ3v) is 3.37. The van der Waals surface area contributed by atoms with Crippen LogP contribution < -0.4 is 5.32 Å². The molecule has 1 atom stereocenters. The molecule has 2 amide bonds. The smallest absolute Gasteiger partial charge is 0.232 e. The van der Waals surface area contributed by atoms with Crippen LogP contribution in [0.4, 0.5) is 0 Å². The van der Waals surface area contributed by atoms with E-state index >= 15 is 0 Å². The second kappa shape index (κ2) is 4.31. The Morgan fingerprint density at radius 1 is 1.33 bits per heavy atom. The van der Waals surface area contributed by atoms with Gasteiger partial charge in [0.1, 0.15) is 0 Å². The highest BCUT2D eigenvalue weighted by Crippen LogP contribution is 2.22. The van der Waals surface area contributed by atoms with Gasteiger partial charge in [0.15, 0.2) is 0 Å². The Morgan fingerprint density at radius 3 is 2.53 bits per heavy atom. The highest BCUT2D eigenvalue weighted by Gasteiger charge is 2.36. The van der Waals surface area contributed by atoms with Crippen LogP contribution in [0.15, 0.2) is 0 Å². The number of rotatable bonds is 2. The first-order valence-electron chi connectivity index (χ1n) is 5.73. The lowest BCUT2D eigenvalue weighted by Crippen LogP contribution is -2.39. The molecule has 2 saturated heterocycles. The summed E-state index contributed by atoms with van der Waals surface area (Å²) in [6, 6.07) is 0. The second-order valence-corrected chi connectivity index (χ2v) is 4.64. The molecule has 0 aromatic carbocycles. The Labute approximate surface area is 90.0 Å². The van der Waals surface area contributed by atoms with Crippen molar-refractivity contribution in [2.24, 2.45) is 11.8 Å². The molecule has 2 heterocycles. The number of carbonyl (C=O) groups is 2. The van der Waals surface area contributed by atoms with Crippen LogP contribution in [-0.4, -0.2) is 36.3 Å². The summed E-state index contributed by atoms with van der Waals surface area (Å²) in [5.41, 5.74) is 0. The van der Waals surface area contributed by atoms with Gasteiger partial charge in [-0.05, 0) is 31.8 Å². The van der Waals surface area contributed by atoms with Gasteiger partial charge in [0.25, 0.3) is 0 Å². The van der Waals surface area contributed by atoms with Crippen molar-refractivity contribution in [1.29, 1.82) is 0 Å². The maximum Gasteiger partial charge on any atom is 0.232 e. The molecule has 0 saturated carbocycles. The Balaban J connectivity index is 1.93. The minimum absolute atomic E-state index is 0.0195. The average Bonchev–Trinajstić information content (AvgIpc) is 2.47. The number of nitrogens with zero attached hydrogens (tertiary/aromatic N) is 1. The summed E-state index contributed by atoms with van der Waals surface area (Å²) in [4.78, 5) is 24.7. The van der Waals surface area contributed by atoms with E-state index < -0.39 is 0 Å². The van der Waals surface area contributed by atoms with Crippen LogP contribution in [0.25, 0.3) is 0 Å². The number of carbonyl (C=O) groups excluding carboxylic acids is 2. The van der Waals surface area contributed by atoms with Gasteiger partial charge in [-0.3, -0.25) is 14.5 Å². The van der Waals surface area contributed by atoms with Crippen LogP contribution in [0, 0.1) is 11.8 Å². The third-order valence-electron chi connectivity index (χ3n) is 3.37. The minimum Gasteiger partial charge on any atom is -0.317 e. The number of hydrogen-bond donors (Lipinski definition) is 1. The van der Waals surface area contributed by atoms with Crippen molar-refractivity contribution >= 4 is 11.8 Å². The van der Waals surface area contributed by atoms with Crippen molar-refractivity contribution in [2.45, 2.75) is 26.2 Å². The zero-order chi connectivity index (χ0) is 10.8. The molecule has 4 nitrogen and oxygen atoms in total. The lowest BCUT2D eigenvalue weighted by molar-refractivity contribution is -0.140. The summed E-state index contributed by atoms with van der Waals surface area (Å²) in [5.74, 6) is 0.452. The van der Waals surface area contributed by atoms with Gasteiger partial charge in [-0.2, -0.15) is 0 Å². The zero-order valence-electron chi connectivity index (χ0n) is 9.16. The highest BCUT2D eigenvalue weighted by atomic mass is 16.2. The average molecular weight is 210 g/mol. The van der Waals surface area contributed by atoms with E-state index in [4.69, 9.17) is 0 Å². The maximum atomic E-state index is 11.7. The molecule has 0 aromatic heterocycles. The molecule has 2 aliphatic rings. The minimum atomic E-state index is -0.0979. The largest absolute Gasteiger partial charge is 0.317 e. The van der Waals surface area contributed by atoms with Crippen molar-refractivity contribution in [1.82, 2.24) is 10.2 Å². The topological polar surface area (TPSA) is 49.4 Å². The van der Waals surface area contributed by atoms with Crippen LogP contribution in [-0.2, 0) is 9.59 Å². The van der Waals surface area contributed by atoms with Crippen LogP contribution in [0.1, 0.15) is 26.2 Å². The molecule has 1 unspecified atom stereocenters. The van der Waals surface area contributed by atoms with Gasteiger partial charge in [0.05, 0.1) is 0 Å². The zero-order valence-corrected chi connectivity index (χ0v) is 9.16. The maximum absolute atomic E-state index is 11.7. The lowest BCUT2D eigenvalue weighted by atomic mass is 9.97. The molecule has 2 fully saturated rings. The number of likely N-dealkylation sites (tertiary alicyclic amines) is 1. The van der Waals surface area contributed by atoms with Gasteiger partial charge in [-0.1, -0.05) is 6.92 Å². The molecule has 0 aliphatic carbocycles. The summed E-state index contributed by atoms with van der Waals surface area (Å²) in [6.45, 7) is 4.50. The molecule has 0 bridgehead atoms. The fourth-order valence-corrected chi connectivity index (χ4v) is 2.36. The van der Waals surface area contributed by atoms with Gasteiger partial charge in [0.2, 0.25) is 11.8 Å². The predicted octanol–water partition coefficient (Wildman–Crippen LogP) is 0.381. The van der Waals surface area contributed by atoms with Crippen LogP contribution in [0.5, 0.6) is 0 Å². The van der Waals surface area contributed by atoms with Crippen molar-refractivity contribution in [3.8, 4) is 0 Å². The number of hydrogen-bond acceptors (Lipinski definition) is 3. The predicted molar refractivity (Wildman–Crippen MR) is 56.1 cm³/mol. The van der Waals surface area contributed by atoms with E-state index in [9.17, 15) is 9.59 Å². The summed E-state index contributed by atoms with van der Waals surface area (Å²) in [6.07, 6.45) is 2.56. The highest BCUT2D eigenvalue weighted by molar-refractivity contribution is 6.03. The molecule has 0 aromatic rings. The molecule has 2 rings (SSSR count). The van der Waals surface area contributed by atoms with E-state index in [1.165, 1.54) is 4.90 Å². The van der Waals surface area contributed by atoms with Gasteiger partial charge in [0, 0.05) is 18.9 Å². The standard InChI is InChI=1S/C11H18N2O2/c1-8-6-10(14)13(11(8)15)7-9-2-4-12-5-3-9/h8-9,12H,2-7H2,1H3. The molecule has 84 valence electrons. The Bertz CT molecular complexity index is 272. The number of amides is 2. The number of imide groups is 1. The van der Waals surface area contributed by atoms with Gasteiger partial charge >= 0.3 is 0 Å². The molecular weight excluding hydrogens is 192 g/mol. The molecule has 15 heavy (non-hydrogen) atoms. The van der Waals surface area contributed by atoms with Gasteiger partial charge < -0.3 is 5.32 Å². The first-order valence-corrected chi connectivity index (χ1v) is 5.73. The molecule has 0 spiro atoms. The fraction of sp³-hybridized carbons (Fsp3) is 0.818. The Hall–Kier alpha value is -0.900. The van der Waals surface area contributed by atoms with Crippen molar-refractivity contribution in [2.75, 3.05) is 19.6 Å². The normalized spacial score (nSPS) is 28.9. The Kier molecular flexibility index (Phi) is 3.05. The molecule has 2 aliphatic heterocycles. The van der Waals surface area contributed by atoms with Crippen molar-refractivity contribution < 1.29 is 9.59 Å². The summed E-state index contributed by atoms with van der Waals surface area (Å²) in [5, 5.41) is 3.28. The van der Waals surface area contributed by atoms with E-state index in [1.807, 2.05) is 6.92 Å². The van der Waals surface area contributed by atoms with Gasteiger partial charge in [-0.15, -0.1) is 0 Å². The van der Waals surface area contributed by atoms with Crippen molar-refractivity contribution in [3.05, 3.63) is 0 Å². The second-order valence-electron chi connectivity index (χ2n) is 4.64. The van der Waals surface area contributed by atoms with E-state index in [1.54, 1.807) is 0 Å². The van der Waals surface area contributed by atoms with Crippen LogP contribution >= 0.6 is 0 Å². The quantitative estimate of drug-likeness (QED) is 0.670. The number of nitrogens with one attached hydrogen (secondary N) is 1. The SMILES string of the molecule is CC1CC(=O)N(CC2CCNCC2)C1=O. The molecule has 0 radical (unpaired) electrons. The molecular formula is C11H18N2O2. The summed E-state index contributed by atoms with van der Waals surface area (Å²) < 4.78 is 0. The first kappa shape index (κ1) is 10.6. The van der Waals surface area contributed by atoms with Gasteiger partial charge in [-0.25, -0.2) is 0 Å². The van der Waals surface area contributed by atoms with E-state index in [0.29, 0.717) is 18.9 Å². The Morgan fingerprint density at radius 2 is 2.00 bits per heavy atom. The monoisotopic (exact) mass is 210 g/mol. The third kappa shape index (κ3) is 2.20. The first-order chi connectivity index (χ1) is 7.18. The van der Waals surface area contributed by atoms with Crippen LogP contribution in [0.3, 0.4) is 0 Å². The van der Waals surface area contributed by atoms with Crippen LogP contribution in [0.2, 0.25) is 0 Å². The van der Waals surface area contributed by atoms with E-state index in [-0.39, 0.29) is 17.7 Å². The van der Waals surface area contributed by atoms with E-state index in [0.717, 1.165) is 25.9 Å². The summed E-state index contributed by atoms with van der Waals surface area (Å²) >= 11 is 0. The molecule has 4 heteroatoms. The fourth-order valence-electron chi connectivity index (χ4n) is 2.36. The number of piperidine rings is 1. The molecule has 1 N–H and O–H groups in total. The van der Waals surface area contributed by atoms with Crippen molar-refractivity contribution in [3.63, 3.8) is 0 Å². The summed E-state index contributed by atoms with van der Waals surface area (Å²) in [7, 11) is 0. The van der Waals surface area contributed by atoms with E-state index in [2.05, 4.69) is 5.32 Å². The lowest BCUT2D eigenvalue weighted by Gasteiger charge is -2.26.